The molecule has 1 atom stereocenters. The largest absolute Gasteiger partial charge is 0.480 e. The highest BCUT2D eigenvalue weighted by molar-refractivity contribution is 5.73. The van der Waals surface area contributed by atoms with Crippen molar-refractivity contribution in [3.63, 3.8) is 0 Å². The van der Waals surface area contributed by atoms with Crippen molar-refractivity contribution in [3.8, 4) is 0 Å². The molecular weight excluding hydrogens is 188 g/mol. The maximum absolute atomic E-state index is 10.8. The van der Waals surface area contributed by atoms with Gasteiger partial charge in [-0.3, -0.25) is 4.79 Å². The molecule has 14 heavy (non-hydrogen) atoms. The van der Waals surface area contributed by atoms with E-state index in [1.54, 1.807) is 0 Å². The average Bonchev–Trinajstić information content (AvgIpc) is 2.14. The average molecular weight is 202 g/mol. The smallest absolute Gasteiger partial charge is 0.407 e. The Morgan fingerprint density at radius 2 is 2.29 bits per heavy atom. The number of ether oxygens (including phenoxy) is 1. The number of carboxylic acid groups (broad SMARTS) is 1. The lowest BCUT2D eigenvalue weighted by atomic mass is 10.2. The van der Waals surface area contributed by atoms with Gasteiger partial charge in [0.15, 0.2) is 0 Å². The fraction of sp³-hybridized carbons (Fsp3) is 0.500. The highest BCUT2D eigenvalue weighted by atomic mass is 16.5. The fourth-order valence-corrected chi connectivity index (χ4v) is 0.639. The second-order valence-electron chi connectivity index (χ2n) is 2.55. The van der Waals surface area contributed by atoms with Crippen LogP contribution in [0.2, 0.25) is 0 Å². The number of carboxylic acids is 1. The summed E-state index contributed by atoms with van der Waals surface area (Å²) in [5.74, 6) is -1.09. The molecule has 6 heteroatoms. The number of aliphatic carboxylic acids is 1. The van der Waals surface area contributed by atoms with Crippen LogP contribution in [0.4, 0.5) is 4.79 Å². The molecule has 0 heterocycles. The third-order valence-electron chi connectivity index (χ3n) is 1.37. The number of alkyl carbamates (subject to hydrolysis) is 1. The van der Waals surface area contributed by atoms with Crippen LogP contribution in [0.15, 0.2) is 12.7 Å². The van der Waals surface area contributed by atoms with Gasteiger partial charge >= 0.3 is 12.1 Å². The summed E-state index contributed by atoms with van der Waals surface area (Å²) in [6, 6.07) is -0.963. The van der Waals surface area contributed by atoms with Crippen molar-refractivity contribution in [3.05, 3.63) is 12.7 Å². The second kappa shape index (κ2) is 6.90. The maximum Gasteiger partial charge on any atom is 0.407 e. The van der Waals surface area contributed by atoms with Crippen LogP contribution >= 0.6 is 0 Å². The first-order valence-electron chi connectivity index (χ1n) is 4.07. The molecule has 0 radical (unpaired) electrons. The Morgan fingerprint density at radius 1 is 1.64 bits per heavy atom. The number of nitrogens with two attached hydrogens (primary N) is 1. The monoisotopic (exact) mass is 202 g/mol. The first-order valence-corrected chi connectivity index (χ1v) is 4.07. The van der Waals surface area contributed by atoms with Gasteiger partial charge in [0.05, 0.1) is 0 Å². The summed E-state index contributed by atoms with van der Waals surface area (Å²) in [5.41, 5.74) is 5.20. The summed E-state index contributed by atoms with van der Waals surface area (Å²) in [6.45, 7) is 3.65. The predicted octanol–water partition coefficient (Wildman–Crippen LogP) is -0.299. The van der Waals surface area contributed by atoms with Crippen molar-refractivity contribution in [1.29, 1.82) is 0 Å². The Kier molecular flexibility index (Phi) is 6.13. The molecule has 0 aliphatic rings. The Balaban J connectivity index is 3.48. The summed E-state index contributed by atoms with van der Waals surface area (Å²) in [7, 11) is 0. The van der Waals surface area contributed by atoms with E-state index < -0.39 is 18.1 Å². The molecule has 0 aromatic heterocycles. The van der Waals surface area contributed by atoms with Crippen LogP contribution in [0.5, 0.6) is 0 Å². The lowest BCUT2D eigenvalue weighted by molar-refractivity contribution is -0.138. The molecule has 6 nitrogen and oxygen atoms in total. The molecule has 0 aliphatic carbocycles. The van der Waals surface area contributed by atoms with Gasteiger partial charge in [0.2, 0.25) is 0 Å². The molecule has 0 aromatic carbocycles. The summed E-state index contributed by atoms with van der Waals surface area (Å²) in [5, 5.41) is 10.8. The van der Waals surface area contributed by atoms with Crippen molar-refractivity contribution >= 4 is 12.1 Å². The lowest BCUT2D eigenvalue weighted by Gasteiger charge is -2.07. The van der Waals surface area contributed by atoms with Gasteiger partial charge < -0.3 is 20.9 Å². The zero-order valence-electron chi connectivity index (χ0n) is 7.73. The molecule has 0 fully saturated rings. The molecule has 0 bridgehead atoms. The maximum atomic E-state index is 10.8. The number of hydrogen-bond acceptors (Lipinski definition) is 4. The Morgan fingerprint density at radius 3 is 2.79 bits per heavy atom. The topological polar surface area (TPSA) is 102 Å². The number of nitrogens with one attached hydrogen (secondary N) is 1. The minimum atomic E-state index is -1.09. The molecule has 0 aliphatic heterocycles. The van der Waals surface area contributed by atoms with Crippen LogP contribution < -0.4 is 11.1 Å². The first-order chi connectivity index (χ1) is 6.57. The van der Waals surface area contributed by atoms with Crippen molar-refractivity contribution in [1.82, 2.24) is 5.32 Å². The van der Waals surface area contributed by atoms with E-state index in [4.69, 9.17) is 10.8 Å². The van der Waals surface area contributed by atoms with Gasteiger partial charge in [-0.2, -0.15) is 0 Å². The molecule has 1 amide bonds. The lowest BCUT2D eigenvalue weighted by Crippen LogP contribution is -2.35. The van der Waals surface area contributed by atoms with E-state index in [2.05, 4.69) is 16.6 Å². The van der Waals surface area contributed by atoms with E-state index in [1.807, 2.05) is 0 Å². The van der Waals surface area contributed by atoms with Crippen LogP contribution in [-0.2, 0) is 9.53 Å². The van der Waals surface area contributed by atoms with Crippen LogP contribution in [0.1, 0.15) is 6.42 Å². The molecule has 0 spiro atoms. The molecule has 4 N–H and O–H groups in total. The standard InChI is InChI=1S/C8H14N2O4/c1-2-5-14-8(13)10-4-3-6(9)7(11)12/h2,6H,1,3-5,9H2,(H,10,13)(H,11,12)/t6-/m0/s1. The van der Waals surface area contributed by atoms with Gasteiger partial charge in [-0.05, 0) is 6.42 Å². The van der Waals surface area contributed by atoms with Gasteiger partial charge in [0, 0.05) is 6.54 Å². The Labute approximate surface area is 81.7 Å². The van der Waals surface area contributed by atoms with Crippen LogP contribution in [0.25, 0.3) is 0 Å². The van der Waals surface area contributed by atoms with Gasteiger partial charge in [0.1, 0.15) is 12.6 Å². The van der Waals surface area contributed by atoms with Crippen molar-refractivity contribution in [2.45, 2.75) is 12.5 Å². The molecular formula is C8H14N2O4. The number of rotatable bonds is 6. The van der Waals surface area contributed by atoms with Crippen LogP contribution in [0.3, 0.4) is 0 Å². The molecule has 0 rings (SSSR count). The quantitative estimate of drug-likeness (QED) is 0.513. The van der Waals surface area contributed by atoms with Gasteiger partial charge in [-0.1, -0.05) is 12.7 Å². The van der Waals surface area contributed by atoms with Crippen molar-refractivity contribution in [2.24, 2.45) is 5.73 Å². The highest BCUT2D eigenvalue weighted by Crippen LogP contribution is 1.86. The summed E-state index contributed by atoms with van der Waals surface area (Å²) < 4.78 is 4.58. The van der Waals surface area contributed by atoms with E-state index in [0.29, 0.717) is 0 Å². The van der Waals surface area contributed by atoms with Gasteiger partial charge in [-0.15, -0.1) is 0 Å². The van der Waals surface area contributed by atoms with E-state index >= 15 is 0 Å². The zero-order chi connectivity index (χ0) is 11.0. The normalized spacial score (nSPS) is 11.5. The van der Waals surface area contributed by atoms with Crippen molar-refractivity contribution in [2.75, 3.05) is 13.2 Å². The second-order valence-corrected chi connectivity index (χ2v) is 2.55. The SMILES string of the molecule is C=CCOC(=O)NCC[C@H](N)C(=O)O. The van der Waals surface area contributed by atoms with E-state index in [1.165, 1.54) is 6.08 Å². The Hall–Kier alpha value is -1.56. The van der Waals surface area contributed by atoms with Crippen LogP contribution in [0, 0.1) is 0 Å². The summed E-state index contributed by atoms with van der Waals surface area (Å²) in [6.07, 6.45) is 0.989. The third-order valence-corrected chi connectivity index (χ3v) is 1.37. The Bertz CT molecular complexity index is 217. The molecule has 0 saturated carbocycles. The summed E-state index contributed by atoms with van der Waals surface area (Å²) in [4.78, 5) is 21.0. The summed E-state index contributed by atoms with van der Waals surface area (Å²) >= 11 is 0. The molecule has 0 saturated heterocycles. The number of hydrogen-bond donors (Lipinski definition) is 3. The molecule has 0 unspecified atom stereocenters. The van der Waals surface area contributed by atoms with Gasteiger partial charge in [0.25, 0.3) is 0 Å². The minimum absolute atomic E-state index is 0.122. The molecule has 0 aromatic rings. The third kappa shape index (κ3) is 6.01. The van der Waals surface area contributed by atoms with E-state index in [-0.39, 0.29) is 19.6 Å². The van der Waals surface area contributed by atoms with Gasteiger partial charge in [-0.25, -0.2) is 4.79 Å². The first kappa shape index (κ1) is 12.4. The molecule has 80 valence electrons. The predicted molar refractivity (Wildman–Crippen MR) is 49.8 cm³/mol. The van der Waals surface area contributed by atoms with Crippen molar-refractivity contribution < 1.29 is 19.4 Å². The van der Waals surface area contributed by atoms with E-state index in [0.717, 1.165) is 0 Å². The van der Waals surface area contributed by atoms with Crippen LogP contribution in [-0.4, -0.2) is 36.4 Å². The number of amides is 1. The zero-order valence-corrected chi connectivity index (χ0v) is 7.73. The minimum Gasteiger partial charge on any atom is -0.480 e. The fourth-order valence-electron chi connectivity index (χ4n) is 0.639. The van der Waals surface area contributed by atoms with E-state index in [9.17, 15) is 9.59 Å². The highest BCUT2D eigenvalue weighted by Gasteiger charge is 2.11. The number of carbonyl (C=O) groups is 2. The number of carbonyl (C=O) groups excluding carboxylic acids is 1.